The number of carbonyl (C=O) groups is 1. The van der Waals surface area contributed by atoms with E-state index in [2.05, 4.69) is 11.8 Å². The Morgan fingerprint density at radius 3 is 2.80 bits per heavy atom. The number of nitrogens with two attached hydrogens (primary N) is 1. The molecule has 0 saturated carbocycles. The smallest absolute Gasteiger partial charge is 0.229 e. The number of hydrogen-bond donors (Lipinski definition) is 1. The number of benzene rings is 1. The fraction of sp³-hybridized carbons (Fsp3) is 0.167. The Kier molecular flexibility index (Phi) is 3.49. The van der Waals surface area contributed by atoms with Crippen molar-refractivity contribution in [2.24, 2.45) is 5.73 Å². The highest BCUT2D eigenvalue weighted by molar-refractivity contribution is 5.76. The lowest BCUT2D eigenvalue weighted by molar-refractivity contribution is -0.117. The van der Waals surface area contributed by atoms with Gasteiger partial charge in [0, 0.05) is 5.56 Å². The standard InChI is InChI=1S/C12H10N2O/c1-9-5-6-11(8-13)10(7-9)3-2-4-12(14)15/h5-7H,4H2,1H3,(H2,14,15). The van der Waals surface area contributed by atoms with Crippen LogP contribution in [-0.4, -0.2) is 5.91 Å². The normalized spacial score (nSPS) is 8.53. The van der Waals surface area contributed by atoms with Gasteiger partial charge in [-0.05, 0) is 24.6 Å². The van der Waals surface area contributed by atoms with Crippen LogP contribution >= 0.6 is 0 Å². The highest BCUT2D eigenvalue weighted by Gasteiger charge is 1.98. The van der Waals surface area contributed by atoms with Crippen LogP contribution in [0.5, 0.6) is 0 Å². The number of nitriles is 1. The molecule has 15 heavy (non-hydrogen) atoms. The summed E-state index contributed by atoms with van der Waals surface area (Å²) in [4.78, 5) is 10.5. The summed E-state index contributed by atoms with van der Waals surface area (Å²) in [5, 5.41) is 8.81. The van der Waals surface area contributed by atoms with Crippen LogP contribution in [0.15, 0.2) is 18.2 Å². The molecular formula is C12H10N2O. The van der Waals surface area contributed by atoms with Crippen LogP contribution in [0.25, 0.3) is 0 Å². The summed E-state index contributed by atoms with van der Waals surface area (Å²) < 4.78 is 0. The molecule has 1 aromatic carbocycles. The van der Waals surface area contributed by atoms with Crippen molar-refractivity contribution < 1.29 is 4.79 Å². The number of amides is 1. The maximum Gasteiger partial charge on any atom is 0.229 e. The van der Waals surface area contributed by atoms with Crippen molar-refractivity contribution in [2.45, 2.75) is 13.3 Å². The Morgan fingerprint density at radius 2 is 2.20 bits per heavy atom. The zero-order valence-corrected chi connectivity index (χ0v) is 8.37. The molecule has 3 nitrogen and oxygen atoms in total. The van der Waals surface area contributed by atoms with E-state index in [1.54, 1.807) is 6.07 Å². The van der Waals surface area contributed by atoms with Gasteiger partial charge in [0.2, 0.25) is 5.91 Å². The molecule has 0 atom stereocenters. The van der Waals surface area contributed by atoms with E-state index in [0.717, 1.165) is 5.56 Å². The fourth-order valence-electron chi connectivity index (χ4n) is 1.09. The largest absolute Gasteiger partial charge is 0.369 e. The molecule has 0 aromatic heterocycles. The van der Waals surface area contributed by atoms with Gasteiger partial charge in [-0.15, -0.1) is 0 Å². The van der Waals surface area contributed by atoms with Crippen LogP contribution in [0.2, 0.25) is 0 Å². The number of hydrogen-bond acceptors (Lipinski definition) is 2. The Hall–Kier alpha value is -2.26. The lowest BCUT2D eigenvalue weighted by Gasteiger charge is -1.96. The third kappa shape index (κ3) is 3.17. The first-order chi connectivity index (χ1) is 7.13. The summed E-state index contributed by atoms with van der Waals surface area (Å²) in [6, 6.07) is 7.41. The maximum atomic E-state index is 10.5. The molecule has 0 aliphatic carbocycles. The average Bonchev–Trinajstić information content (AvgIpc) is 2.17. The summed E-state index contributed by atoms with van der Waals surface area (Å²) in [7, 11) is 0. The van der Waals surface area contributed by atoms with Crippen LogP contribution in [0.3, 0.4) is 0 Å². The highest BCUT2D eigenvalue weighted by Crippen LogP contribution is 2.09. The van der Waals surface area contributed by atoms with Gasteiger partial charge in [0.15, 0.2) is 0 Å². The van der Waals surface area contributed by atoms with E-state index in [1.165, 1.54) is 0 Å². The zero-order valence-electron chi connectivity index (χ0n) is 8.37. The third-order valence-electron chi connectivity index (χ3n) is 1.78. The summed E-state index contributed by atoms with van der Waals surface area (Å²) >= 11 is 0. The van der Waals surface area contributed by atoms with Crippen LogP contribution in [0, 0.1) is 30.1 Å². The minimum Gasteiger partial charge on any atom is -0.369 e. The molecule has 0 radical (unpaired) electrons. The van der Waals surface area contributed by atoms with E-state index in [-0.39, 0.29) is 6.42 Å². The minimum atomic E-state index is -0.464. The van der Waals surface area contributed by atoms with Crippen molar-refractivity contribution in [2.75, 3.05) is 0 Å². The van der Waals surface area contributed by atoms with Crippen LogP contribution in [0.4, 0.5) is 0 Å². The van der Waals surface area contributed by atoms with Crippen molar-refractivity contribution in [3.05, 3.63) is 34.9 Å². The molecule has 0 saturated heterocycles. The topological polar surface area (TPSA) is 66.9 Å². The Bertz CT molecular complexity index is 487. The lowest BCUT2D eigenvalue weighted by Crippen LogP contribution is -2.08. The third-order valence-corrected chi connectivity index (χ3v) is 1.78. The van der Waals surface area contributed by atoms with Gasteiger partial charge in [-0.3, -0.25) is 4.79 Å². The molecule has 0 unspecified atom stereocenters. The fourth-order valence-corrected chi connectivity index (χ4v) is 1.09. The molecule has 0 bridgehead atoms. The van der Waals surface area contributed by atoms with Crippen molar-refractivity contribution >= 4 is 5.91 Å². The van der Waals surface area contributed by atoms with E-state index in [4.69, 9.17) is 11.0 Å². The highest BCUT2D eigenvalue weighted by atomic mass is 16.1. The van der Waals surface area contributed by atoms with Gasteiger partial charge in [-0.25, -0.2) is 0 Å². The number of aryl methyl sites for hydroxylation is 1. The quantitative estimate of drug-likeness (QED) is 0.686. The SMILES string of the molecule is Cc1ccc(C#N)c(C#CCC(N)=O)c1. The summed E-state index contributed by atoms with van der Waals surface area (Å²) in [6.45, 7) is 1.92. The molecule has 0 fully saturated rings. The molecular weight excluding hydrogens is 188 g/mol. The Morgan fingerprint density at radius 1 is 1.47 bits per heavy atom. The zero-order chi connectivity index (χ0) is 11.3. The number of nitrogens with zero attached hydrogens (tertiary/aromatic N) is 1. The molecule has 3 heteroatoms. The summed E-state index contributed by atoms with van der Waals surface area (Å²) in [5.41, 5.74) is 7.13. The molecule has 74 valence electrons. The first-order valence-electron chi connectivity index (χ1n) is 4.41. The first-order valence-corrected chi connectivity index (χ1v) is 4.41. The Labute approximate surface area is 88.5 Å². The van der Waals surface area contributed by atoms with Crippen LogP contribution < -0.4 is 5.73 Å². The van der Waals surface area contributed by atoms with Gasteiger partial charge in [-0.1, -0.05) is 17.9 Å². The van der Waals surface area contributed by atoms with E-state index >= 15 is 0 Å². The van der Waals surface area contributed by atoms with Crippen molar-refractivity contribution in [1.29, 1.82) is 5.26 Å². The van der Waals surface area contributed by atoms with Gasteiger partial charge in [0.25, 0.3) is 0 Å². The van der Waals surface area contributed by atoms with Gasteiger partial charge in [-0.2, -0.15) is 5.26 Å². The molecule has 0 heterocycles. The van der Waals surface area contributed by atoms with Gasteiger partial charge in [0.1, 0.15) is 6.07 Å². The molecule has 1 amide bonds. The van der Waals surface area contributed by atoms with Crippen LogP contribution in [0.1, 0.15) is 23.1 Å². The van der Waals surface area contributed by atoms with Gasteiger partial charge < -0.3 is 5.73 Å². The summed E-state index contributed by atoms with van der Waals surface area (Å²) in [5.74, 6) is 4.93. The number of rotatable bonds is 1. The van der Waals surface area contributed by atoms with Gasteiger partial charge >= 0.3 is 0 Å². The van der Waals surface area contributed by atoms with E-state index in [9.17, 15) is 4.79 Å². The average molecular weight is 198 g/mol. The number of primary amides is 1. The lowest BCUT2D eigenvalue weighted by atomic mass is 10.1. The first kappa shape index (κ1) is 10.8. The van der Waals surface area contributed by atoms with Crippen molar-refractivity contribution in [1.82, 2.24) is 0 Å². The second-order valence-corrected chi connectivity index (χ2v) is 3.11. The van der Waals surface area contributed by atoms with Gasteiger partial charge in [0.05, 0.1) is 12.0 Å². The van der Waals surface area contributed by atoms with E-state index < -0.39 is 5.91 Å². The second-order valence-electron chi connectivity index (χ2n) is 3.11. The second kappa shape index (κ2) is 4.83. The molecule has 0 aliphatic heterocycles. The van der Waals surface area contributed by atoms with Crippen LogP contribution in [-0.2, 0) is 4.79 Å². The predicted octanol–water partition coefficient (Wildman–Crippen LogP) is 1.09. The van der Waals surface area contributed by atoms with E-state index in [0.29, 0.717) is 11.1 Å². The van der Waals surface area contributed by atoms with Crippen molar-refractivity contribution in [3.8, 4) is 17.9 Å². The molecule has 0 aliphatic rings. The van der Waals surface area contributed by atoms with Crippen molar-refractivity contribution in [3.63, 3.8) is 0 Å². The summed E-state index contributed by atoms with van der Waals surface area (Å²) in [6.07, 6.45) is 0.0127. The number of carbonyl (C=O) groups excluding carboxylic acids is 1. The molecule has 0 spiro atoms. The monoisotopic (exact) mass is 198 g/mol. The maximum absolute atomic E-state index is 10.5. The molecule has 1 aromatic rings. The predicted molar refractivity (Wildman–Crippen MR) is 56.6 cm³/mol. The molecule has 2 N–H and O–H groups in total. The molecule has 1 rings (SSSR count). The minimum absolute atomic E-state index is 0.0127. The Balaban J connectivity index is 3.01. The van der Waals surface area contributed by atoms with E-state index in [1.807, 2.05) is 25.1 Å².